The van der Waals surface area contributed by atoms with Crippen molar-refractivity contribution in [3.05, 3.63) is 64.8 Å². The normalized spacial score (nSPS) is 10.7. The lowest BCUT2D eigenvalue weighted by Crippen LogP contribution is -2.00. The van der Waals surface area contributed by atoms with Crippen molar-refractivity contribution in [2.24, 2.45) is 0 Å². The molecule has 0 spiro atoms. The first kappa shape index (κ1) is 12.9. The number of nitrogens with one attached hydrogen (secondary N) is 1. The lowest BCUT2D eigenvalue weighted by molar-refractivity contribution is 0.474. The average molecular weight is 329 g/mol. The Bertz CT molecular complexity index is 758. The molecule has 0 aliphatic carbocycles. The molecule has 0 radical (unpaired) electrons. The zero-order chi connectivity index (χ0) is 13.9. The summed E-state index contributed by atoms with van der Waals surface area (Å²) in [5.41, 5.74) is 2.95. The Morgan fingerprint density at radius 2 is 1.95 bits per heavy atom. The average Bonchev–Trinajstić information content (AvgIpc) is 2.44. The number of benzene rings is 2. The molecule has 4 heteroatoms. The fraction of sp³-hybridized carbons (Fsp3) is 0.0625. The Morgan fingerprint density at radius 3 is 2.80 bits per heavy atom. The van der Waals surface area contributed by atoms with E-state index in [1.165, 1.54) is 0 Å². The highest BCUT2D eigenvalue weighted by molar-refractivity contribution is 9.10. The number of rotatable bonds is 3. The molecule has 2 aromatic carbocycles. The molecule has 0 atom stereocenters. The number of hydrogen-bond donors (Lipinski definition) is 2. The standard InChI is InChI=1S/C16H13BrN2O/c17-13-8-12-4-2-6-15(16(12)19-10-13)18-9-11-3-1-5-14(20)7-11/h1-8,10,18,20H,9H2. The number of aromatic nitrogens is 1. The Hall–Kier alpha value is -2.07. The topological polar surface area (TPSA) is 45.1 Å². The molecule has 2 N–H and O–H groups in total. The van der Waals surface area contributed by atoms with Gasteiger partial charge in [0, 0.05) is 22.6 Å². The predicted octanol–water partition coefficient (Wildman–Crippen LogP) is 4.32. The number of halogens is 1. The van der Waals surface area contributed by atoms with Gasteiger partial charge in [-0.15, -0.1) is 0 Å². The predicted molar refractivity (Wildman–Crippen MR) is 84.9 cm³/mol. The molecule has 0 bridgehead atoms. The van der Waals surface area contributed by atoms with Crippen LogP contribution in [0.15, 0.2) is 59.2 Å². The van der Waals surface area contributed by atoms with E-state index in [4.69, 9.17) is 0 Å². The molecular formula is C16H13BrN2O. The van der Waals surface area contributed by atoms with Crippen LogP contribution in [-0.4, -0.2) is 10.1 Å². The smallest absolute Gasteiger partial charge is 0.115 e. The van der Waals surface area contributed by atoms with Crippen LogP contribution in [0.1, 0.15) is 5.56 Å². The zero-order valence-electron chi connectivity index (χ0n) is 10.7. The quantitative estimate of drug-likeness (QED) is 0.752. The van der Waals surface area contributed by atoms with Crippen molar-refractivity contribution >= 4 is 32.5 Å². The first-order valence-electron chi connectivity index (χ1n) is 6.28. The summed E-state index contributed by atoms with van der Waals surface area (Å²) in [6.45, 7) is 0.644. The number of para-hydroxylation sites is 1. The number of phenolic OH excluding ortho intramolecular Hbond substituents is 1. The summed E-state index contributed by atoms with van der Waals surface area (Å²) >= 11 is 3.43. The molecule has 0 saturated heterocycles. The molecule has 1 aromatic heterocycles. The molecule has 20 heavy (non-hydrogen) atoms. The van der Waals surface area contributed by atoms with Gasteiger partial charge in [0.1, 0.15) is 5.75 Å². The monoisotopic (exact) mass is 328 g/mol. The molecule has 100 valence electrons. The maximum absolute atomic E-state index is 9.47. The van der Waals surface area contributed by atoms with Crippen molar-refractivity contribution in [2.75, 3.05) is 5.32 Å². The van der Waals surface area contributed by atoms with Crippen LogP contribution < -0.4 is 5.32 Å². The van der Waals surface area contributed by atoms with Crippen LogP contribution >= 0.6 is 15.9 Å². The van der Waals surface area contributed by atoms with E-state index in [-0.39, 0.29) is 5.75 Å². The molecule has 0 aliphatic rings. The van der Waals surface area contributed by atoms with Gasteiger partial charge in [0.15, 0.2) is 0 Å². The van der Waals surface area contributed by atoms with E-state index in [0.717, 1.165) is 26.6 Å². The van der Waals surface area contributed by atoms with Crippen molar-refractivity contribution in [3.63, 3.8) is 0 Å². The van der Waals surface area contributed by atoms with Gasteiger partial charge in [0.2, 0.25) is 0 Å². The van der Waals surface area contributed by atoms with Gasteiger partial charge in [0.05, 0.1) is 11.2 Å². The summed E-state index contributed by atoms with van der Waals surface area (Å²) in [5, 5.41) is 13.9. The van der Waals surface area contributed by atoms with Crippen LogP contribution in [0, 0.1) is 0 Å². The van der Waals surface area contributed by atoms with Gasteiger partial charge in [-0.1, -0.05) is 24.3 Å². The highest BCUT2D eigenvalue weighted by Gasteiger charge is 2.03. The van der Waals surface area contributed by atoms with Crippen LogP contribution in [0.25, 0.3) is 10.9 Å². The maximum Gasteiger partial charge on any atom is 0.115 e. The fourth-order valence-corrected chi connectivity index (χ4v) is 2.49. The molecule has 3 nitrogen and oxygen atoms in total. The van der Waals surface area contributed by atoms with E-state index in [1.54, 1.807) is 18.3 Å². The summed E-state index contributed by atoms with van der Waals surface area (Å²) < 4.78 is 0.968. The summed E-state index contributed by atoms with van der Waals surface area (Å²) in [7, 11) is 0. The minimum atomic E-state index is 0.282. The van der Waals surface area contributed by atoms with Crippen molar-refractivity contribution in [2.45, 2.75) is 6.54 Å². The van der Waals surface area contributed by atoms with E-state index >= 15 is 0 Å². The Balaban J connectivity index is 1.87. The molecule has 0 fully saturated rings. The third-order valence-electron chi connectivity index (χ3n) is 3.07. The minimum absolute atomic E-state index is 0.282. The fourth-order valence-electron chi connectivity index (χ4n) is 2.14. The SMILES string of the molecule is Oc1cccc(CNc2cccc3cc(Br)cnc23)c1. The Kier molecular flexibility index (Phi) is 3.56. The number of phenols is 1. The lowest BCUT2D eigenvalue weighted by Gasteiger charge is -2.09. The molecule has 0 saturated carbocycles. The van der Waals surface area contributed by atoms with E-state index in [0.29, 0.717) is 6.54 Å². The van der Waals surface area contributed by atoms with Crippen LogP contribution in [-0.2, 0) is 6.54 Å². The van der Waals surface area contributed by atoms with Gasteiger partial charge in [-0.2, -0.15) is 0 Å². The molecular weight excluding hydrogens is 316 g/mol. The van der Waals surface area contributed by atoms with E-state index < -0.39 is 0 Å². The third-order valence-corrected chi connectivity index (χ3v) is 3.50. The largest absolute Gasteiger partial charge is 0.508 e. The Labute approximate surface area is 125 Å². The van der Waals surface area contributed by atoms with Gasteiger partial charge in [-0.3, -0.25) is 4.98 Å². The van der Waals surface area contributed by atoms with Gasteiger partial charge in [-0.25, -0.2) is 0 Å². The van der Waals surface area contributed by atoms with Gasteiger partial charge in [0.25, 0.3) is 0 Å². The van der Waals surface area contributed by atoms with E-state index in [1.807, 2.05) is 36.4 Å². The van der Waals surface area contributed by atoms with Crippen LogP contribution in [0.2, 0.25) is 0 Å². The van der Waals surface area contributed by atoms with Gasteiger partial charge in [-0.05, 0) is 45.8 Å². The lowest BCUT2D eigenvalue weighted by atomic mass is 10.1. The summed E-state index contributed by atoms with van der Waals surface area (Å²) in [5.74, 6) is 0.282. The molecule has 1 heterocycles. The first-order chi connectivity index (χ1) is 9.72. The number of pyridine rings is 1. The van der Waals surface area contributed by atoms with Gasteiger partial charge < -0.3 is 10.4 Å². The van der Waals surface area contributed by atoms with Crippen LogP contribution in [0.4, 0.5) is 5.69 Å². The van der Waals surface area contributed by atoms with Crippen LogP contribution in [0.5, 0.6) is 5.75 Å². The molecule has 0 unspecified atom stereocenters. The molecule has 0 amide bonds. The van der Waals surface area contributed by atoms with Crippen molar-refractivity contribution < 1.29 is 5.11 Å². The van der Waals surface area contributed by atoms with Crippen molar-refractivity contribution in [3.8, 4) is 5.75 Å². The Morgan fingerprint density at radius 1 is 1.10 bits per heavy atom. The minimum Gasteiger partial charge on any atom is -0.508 e. The summed E-state index contributed by atoms with van der Waals surface area (Å²) in [6, 6.07) is 15.3. The number of aromatic hydroxyl groups is 1. The van der Waals surface area contributed by atoms with Crippen molar-refractivity contribution in [1.29, 1.82) is 0 Å². The number of hydrogen-bond acceptors (Lipinski definition) is 3. The first-order valence-corrected chi connectivity index (χ1v) is 7.08. The number of fused-ring (bicyclic) bond motifs is 1. The van der Waals surface area contributed by atoms with E-state index in [9.17, 15) is 5.11 Å². The molecule has 3 rings (SSSR count). The highest BCUT2D eigenvalue weighted by atomic mass is 79.9. The zero-order valence-corrected chi connectivity index (χ0v) is 12.3. The van der Waals surface area contributed by atoms with Gasteiger partial charge >= 0.3 is 0 Å². The summed E-state index contributed by atoms with van der Waals surface area (Å²) in [4.78, 5) is 4.45. The van der Waals surface area contributed by atoms with Crippen molar-refractivity contribution in [1.82, 2.24) is 4.98 Å². The second-order valence-corrected chi connectivity index (χ2v) is 5.47. The second-order valence-electron chi connectivity index (χ2n) is 4.55. The number of nitrogens with zero attached hydrogens (tertiary/aromatic N) is 1. The second kappa shape index (κ2) is 5.51. The third kappa shape index (κ3) is 2.75. The molecule has 3 aromatic rings. The summed E-state index contributed by atoms with van der Waals surface area (Å²) in [6.07, 6.45) is 1.79. The maximum atomic E-state index is 9.47. The number of anilines is 1. The highest BCUT2D eigenvalue weighted by Crippen LogP contribution is 2.24. The van der Waals surface area contributed by atoms with Crippen LogP contribution in [0.3, 0.4) is 0 Å². The molecule has 0 aliphatic heterocycles. The van der Waals surface area contributed by atoms with E-state index in [2.05, 4.69) is 26.2 Å².